The zero-order valence-electron chi connectivity index (χ0n) is 11.9. The molecule has 0 spiro atoms. The van der Waals surface area contributed by atoms with E-state index in [0.29, 0.717) is 5.75 Å². The SMILES string of the molecule is CCCCc1cc(C(C)(C)C)c(O)cc1CC. The van der Waals surface area contributed by atoms with Crippen LogP contribution in [-0.4, -0.2) is 5.11 Å². The normalized spacial score (nSPS) is 11.8. The summed E-state index contributed by atoms with van der Waals surface area (Å²) in [6.45, 7) is 10.8. The fourth-order valence-corrected chi connectivity index (χ4v) is 2.21. The molecule has 0 saturated carbocycles. The third kappa shape index (κ3) is 3.49. The van der Waals surface area contributed by atoms with Gasteiger partial charge in [-0.05, 0) is 47.4 Å². The Kier molecular flexibility index (Phi) is 4.62. The number of phenolic OH excluding ortho intramolecular Hbond substituents is 1. The van der Waals surface area contributed by atoms with Gasteiger partial charge in [-0.3, -0.25) is 0 Å². The van der Waals surface area contributed by atoms with Crippen molar-refractivity contribution in [3.05, 3.63) is 28.8 Å². The van der Waals surface area contributed by atoms with Crippen molar-refractivity contribution in [3.63, 3.8) is 0 Å². The van der Waals surface area contributed by atoms with Crippen molar-refractivity contribution in [3.8, 4) is 5.75 Å². The number of hydrogen-bond acceptors (Lipinski definition) is 1. The van der Waals surface area contributed by atoms with E-state index in [1.54, 1.807) is 0 Å². The van der Waals surface area contributed by atoms with E-state index in [1.807, 2.05) is 6.07 Å². The molecule has 0 aliphatic carbocycles. The molecule has 17 heavy (non-hydrogen) atoms. The Hall–Kier alpha value is -0.980. The Morgan fingerprint density at radius 3 is 2.18 bits per heavy atom. The summed E-state index contributed by atoms with van der Waals surface area (Å²) in [5.74, 6) is 0.453. The molecule has 1 heteroatoms. The first-order chi connectivity index (χ1) is 7.90. The predicted molar refractivity (Wildman–Crippen MR) is 74.8 cm³/mol. The molecule has 96 valence electrons. The fraction of sp³-hybridized carbons (Fsp3) is 0.625. The van der Waals surface area contributed by atoms with Gasteiger partial charge in [-0.1, -0.05) is 47.1 Å². The maximum Gasteiger partial charge on any atom is 0.119 e. The Morgan fingerprint density at radius 1 is 1.06 bits per heavy atom. The van der Waals surface area contributed by atoms with E-state index >= 15 is 0 Å². The molecule has 0 aromatic heterocycles. The van der Waals surface area contributed by atoms with Gasteiger partial charge in [0.1, 0.15) is 5.75 Å². The van der Waals surface area contributed by atoms with Crippen LogP contribution in [0.1, 0.15) is 64.2 Å². The predicted octanol–water partition coefficient (Wildman–Crippen LogP) is 4.59. The van der Waals surface area contributed by atoms with Gasteiger partial charge in [0, 0.05) is 0 Å². The summed E-state index contributed by atoms with van der Waals surface area (Å²) in [5.41, 5.74) is 3.79. The topological polar surface area (TPSA) is 20.2 Å². The largest absolute Gasteiger partial charge is 0.508 e. The third-order valence-electron chi connectivity index (χ3n) is 3.31. The second kappa shape index (κ2) is 5.57. The van der Waals surface area contributed by atoms with Gasteiger partial charge >= 0.3 is 0 Å². The molecular weight excluding hydrogens is 208 g/mol. The summed E-state index contributed by atoms with van der Waals surface area (Å²) < 4.78 is 0. The Bertz CT molecular complexity index is 372. The van der Waals surface area contributed by atoms with E-state index in [2.05, 4.69) is 40.7 Å². The first-order valence-corrected chi connectivity index (χ1v) is 6.75. The standard InChI is InChI=1S/C16H26O/c1-6-8-9-13-10-14(16(3,4)5)15(17)11-12(13)7-2/h10-11,17H,6-9H2,1-5H3. The number of phenols is 1. The first-order valence-electron chi connectivity index (χ1n) is 6.75. The molecule has 0 atom stereocenters. The lowest BCUT2D eigenvalue weighted by Crippen LogP contribution is -2.12. The van der Waals surface area contributed by atoms with Crippen LogP contribution >= 0.6 is 0 Å². The van der Waals surface area contributed by atoms with Crippen LogP contribution in [0, 0.1) is 0 Å². The van der Waals surface area contributed by atoms with E-state index in [1.165, 1.54) is 24.0 Å². The molecule has 0 unspecified atom stereocenters. The van der Waals surface area contributed by atoms with Gasteiger partial charge in [-0.15, -0.1) is 0 Å². The lowest BCUT2D eigenvalue weighted by molar-refractivity contribution is 0.445. The van der Waals surface area contributed by atoms with Crippen molar-refractivity contribution in [2.75, 3.05) is 0 Å². The average molecular weight is 234 g/mol. The van der Waals surface area contributed by atoms with Crippen molar-refractivity contribution in [2.45, 2.75) is 65.7 Å². The van der Waals surface area contributed by atoms with Gasteiger partial charge in [-0.25, -0.2) is 0 Å². The first kappa shape index (κ1) is 14.1. The van der Waals surface area contributed by atoms with E-state index in [-0.39, 0.29) is 5.41 Å². The van der Waals surface area contributed by atoms with Gasteiger partial charge in [-0.2, -0.15) is 0 Å². The summed E-state index contributed by atoms with van der Waals surface area (Å²) in [4.78, 5) is 0. The van der Waals surface area contributed by atoms with Crippen LogP contribution in [0.2, 0.25) is 0 Å². The van der Waals surface area contributed by atoms with Crippen LogP contribution < -0.4 is 0 Å². The minimum absolute atomic E-state index is 0.0112. The van der Waals surface area contributed by atoms with Crippen LogP contribution in [0.15, 0.2) is 12.1 Å². The maximum atomic E-state index is 10.1. The Balaban J connectivity index is 3.18. The number of benzene rings is 1. The molecule has 0 amide bonds. The molecule has 0 fully saturated rings. The molecule has 1 aromatic rings. The molecule has 0 heterocycles. The molecule has 1 nitrogen and oxygen atoms in total. The smallest absolute Gasteiger partial charge is 0.119 e. The summed E-state index contributed by atoms with van der Waals surface area (Å²) in [5, 5.41) is 10.1. The Morgan fingerprint density at radius 2 is 1.71 bits per heavy atom. The molecule has 1 rings (SSSR count). The zero-order chi connectivity index (χ0) is 13.1. The molecular formula is C16H26O. The van der Waals surface area contributed by atoms with E-state index in [4.69, 9.17) is 0 Å². The Labute approximate surface area is 106 Å². The number of hydrogen-bond donors (Lipinski definition) is 1. The van der Waals surface area contributed by atoms with Crippen molar-refractivity contribution < 1.29 is 5.11 Å². The lowest BCUT2D eigenvalue weighted by atomic mass is 9.83. The van der Waals surface area contributed by atoms with Crippen molar-refractivity contribution in [1.82, 2.24) is 0 Å². The van der Waals surface area contributed by atoms with Crippen LogP contribution in [0.4, 0.5) is 0 Å². The summed E-state index contributed by atoms with van der Waals surface area (Å²) >= 11 is 0. The highest BCUT2D eigenvalue weighted by Gasteiger charge is 2.19. The maximum absolute atomic E-state index is 10.1. The number of aryl methyl sites for hydroxylation is 2. The fourth-order valence-electron chi connectivity index (χ4n) is 2.21. The monoisotopic (exact) mass is 234 g/mol. The zero-order valence-corrected chi connectivity index (χ0v) is 11.9. The van der Waals surface area contributed by atoms with Crippen molar-refractivity contribution in [2.24, 2.45) is 0 Å². The molecule has 1 N–H and O–H groups in total. The number of rotatable bonds is 4. The molecule has 0 saturated heterocycles. The summed E-state index contributed by atoms with van der Waals surface area (Å²) in [6.07, 6.45) is 4.57. The minimum atomic E-state index is 0.0112. The second-order valence-corrected chi connectivity index (χ2v) is 5.85. The van der Waals surface area contributed by atoms with Gasteiger partial charge in [0.25, 0.3) is 0 Å². The third-order valence-corrected chi connectivity index (χ3v) is 3.31. The molecule has 0 bridgehead atoms. The van der Waals surface area contributed by atoms with Gasteiger partial charge in [0.2, 0.25) is 0 Å². The molecule has 0 radical (unpaired) electrons. The lowest BCUT2D eigenvalue weighted by Gasteiger charge is -2.23. The highest BCUT2D eigenvalue weighted by Crippen LogP contribution is 2.33. The minimum Gasteiger partial charge on any atom is -0.508 e. The van der Waals surface area contributed by atoms with Crippen LogP contribution in [0.25, 0.3) is 0 Å². The molecule has 0 aliphatic heterocycles. The van der Waals surface area contributed by atoms with E-state index in [0.717, 1.165) is 18.4 Å². The van der Waals surface area contributed by atoms with Crippen molar-refractivity contribution in [1.29, 1.82) is 0 Å². The number of aromatic hydroxyl groups is 1. The second-order valence-electron chi connectivity index (χ2n) is 5.85. The van der Waals surface area contributed by atoms with Crippen LogP contribution in [0.5, 0.6) is 5.75 Å². The van der Waals surface area contributed by atoms with Crippen molar-refractivity contribution >= 4 is 0 Å². The molecule has 0 aliphatic rings. The quantitative estimate of drug-likeness (QED) is 0.807. The van der Waals surface area contributed by atoms with E-state index < -0.39 is 0 Å². The summed E-state index contributed by atoms with van der Waals surface area (Å²) in [7, 11) is 0. The van der Waals surface area contributed by atoms with Crippen LogP contribution in [0.3, 0.4) is 0 Å². The van der Waals surface area contributed by atoms with Crippen LogP contribution in [-0.2, 0) is 18.3 Å². The van der Waals surface area contributed by atoms with Gasteiger partial charge in [0.05, 0.1) is 0 Å². The van der Waals surface area contributed by atoms with Gasteiger partial charge < -0.3 is 5.11 Å². The molecule has 1 aromatic carbocycles. The van der Waals surface area contributed by atoms with E-state index in [9.17, 15) is 5.11 Å². The van der Waals surface area contributed by atoms with Gasteiger partial charge in [0.15, 0.2) is 0 Å². The number of unbranched alkanes of at least 4 members (excludes halogenated alkanes) is 1. The summed E-state index contributed by atoms with van der Waals surface area (Å²) in [6, 6.07) is 4.18. The average Bonchev–Trinajstić information content (AvgIpc) is 2.25. The highest BCUT2D eigenvalue weighted by atomic mass is 16.3. The highest BCUT2D eigenvalue weighted by molar-refractivity contribution is 5.45.